The summed E-state index contributed by atoms with van der Waals surface area (Å²) in [6.07, 6.45) is -0.954. The van der Waals surface area contributed by atoms with Crippen molar-refractivity contribution in [3.05, 3.63) is 0 Å². The second-order valence-electron chi connectivity index (χ2n) is 5.02. The van der Waals surface area contributed by atoms with Gasteiger partial charge in [0, 0.05) is 13.1 Å². The maximum Gasteiger partial charge on any atom is 1.00 e. The van der Waals surface area contributed by atoms with E-state index in [4.69, 9.17) is 35.7 Å². The molecular formula is C13H26N2Na2O11. The quantitative estimate of drug-likeness (QED) is 0.135. The van der Waals surface area contributed by atoms with Gasteiger partial charge >= 0.3 is 83.0 Å². The average Bonchev–Trinajstić information content (AvgIpc) is 2.50. The smallest absolute Gasteiger partial charge is 1.00 e. The molecule has 0 aromatic heterocycles. The average molecular weight is 432 g/mol. The third-order valence-corrected chi connectivity index (χ3v) is 2.59. The molecule has 28 heavy (non-hydrogen) atoms. The summed E-state index contributed by atoms with van der Waals surface area (Å²) in [4.78, 5) is 44.4. The molecule has 0 spiro atoms. The van der Waals surface area contributed by atoms with E-state index in [1.54, 1.807) is 0 Å². The first-order valence-corrected chi connectivity index (χ1v) is 7.23. The molecule has 13 nitrogen and oxygen atoms in total. The first-order chi connectivity index (χ1) is 12.0. The van der Waals surface area contributed by atoms with Crippen LogP contribution >= 0.6 is 0 Å². The van der Waals surface area contributed by atoms with Crippen LogP contribution < -0.4 is 59.1 Å². The summed E-state index contributed by atoms with van der Waals surface area (Å²) in [5.41, 5.74) is 0. The Kier molecular flexibility index (Phi) is 26.8. The zero-order valence-electron chi connectivity index (χ0n) is 17.9. The summed E-state index contributed by atoms with van der Waals surface area (Å²) in [6, 6.07) is 0. The van der Waals surface area contributed by atoms with E-state index in [1.165, 1.54) is 0 Å². The molecule has 0 heterocycles. The van der Waals surface area contributed by atoms with Gasteiger partial charge in [-0.2, -0.15) is 0 Å². The maximum atomic E-state index is 10.6. The van der Waals surface area contributed by atoms with Crippen LogP contribution in [0.25, 0.3) is 0 Å². The van der Waals surface area contributed by atoms with Crippen LogP contribution in [0.5, 0.6) is 0 Å². The molecule has 7 N–H and O–H groups in total. The minimum atomic E-state index is -1.23. The normalized spacial score (nSPS) is 9.79. The fourth-order valence-corrected chi connectivity index (χ4v) is 1.53. The van der Waals surface area contributed by atoms with Crippen LogP contribution in [0.1, 0.15) is 2.85 Å². The van der Waals surface area contributed by atoms with Crippen molar-refractivity contribution in [2.75, 3.05) is 52.5 Å². The Morgan fingerprint density at radius 2 is 0.857 bits per heavy atom. The molecule has 0 unspecified atom stereocenters. The van der Waals surface area contributed by atoms with Crippen molar-refractivity contribution < 1.29 is 117 Å². The topological polar surface area (TPSA) is 216 Å². The Balaban J connectivity index is -0.000000126. The Hall–Kier alpha value is -0.320. The van der Waals surface area contributed by atoms with Gasteiger partial charge in [-0.05, 0) is 0 Å². The molecule has 0 bridgehead atoms. The predicted molar refractivity (Wildman–Crippen MR) is 85.8 cm³/mol. The third kappa shape index (κ3) is 25.7. The molecule has 0 saturated heterocycles. The molecule has 0 amide bonds. The van der Waals surface area contributed by atoms with Crippen LogP contribution in [-0.4, -0.2) is 128 Å². The number of aliphatic hydroxyl groups excluding tert-OH is 3. The van der Waals surface area contributed by atoms with Gasteiger partial charge in [-0.25, -0.2) is 0 Å². The van der Waals surface area contributed by atoms with Gasteiger partial charge in [0.1, 0.15) is 6.10 Å². The van der Waals surface area contributed by atoms with Gasteiger partial charge in [0.15, 0.2) is 0 Å². The molecule has 15 heteroatoms. The van der Waals surface area contributed by atoms with Crippen molar-refractivity contribution in [1.29, 1.82) is 0 Å². The second kappa shape index (κ2) is 21.4. The largest absolute Gasteiger partial charge is 1.00 e. The molecule has 0 rings (SSSR count). The number of carboxylic acids is 4. The molecule has 0 saturated carbocycles. The molecule has 0 radical (unpaired) electrons. The van der Waals surface area contributed by atoms with Crippen LogP contribution in [0.3, 0.4) is 0 Å². The van der Waals surface area contributed by atoms with Gasteiger partial charge in [-0.1, -0.05) is 0 Å². The van der Waals surface area contributed by atoms with Gasteiger partial charge in [0.05, 0.1) is 39.4 Å². The van der Waals surface area contributed by atoms with Gasteiger partial charge < -0.3 is 38.6 Å². The number of hydrogen-bond donors (Lipinski definition) is 7. The Bertz CT molecular complexity index is 406. The molecule has 0 aromatic rings. The van der Waals surface area contributed by atoms with Crippen molar-refractivity contribution in [2.24, 2.45) is 0 Å². The summed E-state index contributed by atoms with van der Waals surface area (Å²) in [5, 5.41) is 58.5. The fourth-order valence-electron chi connectivity index (χ4n) is 1.53. The first kappa shape index (κ1) is 35.1. The van der Waals surface area contributed by atoms with E-state index in [-0.39, 0.29) is 88.3 Å². The van der Waals surface area contributed by atoms with Crippen molar-refractivity contribution in [3.63, 3.8) is 0 Å². The van der Waals surface area contributed by atoms with Crippen molar-refractivity contribution >= 4 is 23.9 Å². The number of aliphatic hydroxyl groups is 3. The zero-order valence-corrected chi connectivity index (χ0v) is 19.9. The number of rotatable bonds is 13. The molecule has 0 fully saturated rings. The van der Waals surface area contributed by atoms with Crippen LogP contribution in [0, 0.1) is 0 Å². The molecule has 156 valence electrons. The van der Waals surface area contributed by atoms with Crippen LogP contribution in [0.2, 0.25) is 0 Å². The number of aliphatic carboxylic acids is 4. The number of carboxylic acid groups (broad SMARTS) is 4. The summed E-state index contributed by atoms with van der Waals surface area (Å²) < 4.78 is 0. The van der Waals surface area contributed by atoms with Gasteiger partial charge in [-0.3, -0.25) is 29.0 Å². The van der Waals surface area contributed by atoms with E-state index in [1.807, 2.05) is 0 Å². The molecule has 0 aliphatic heterocycles. The Morgan fingerprint density at radius 3 is 0.964 bits per heavy atom. The van der Waals surface area contributed by atoms with Gasteiger partial charge in [-0.15, -0.1) is 0 Å². The summed E-state index contributed by atoms with van der Waals surface area (Å²) >= 11 is 0. The first-order valence-electron chi connectivity index (χ1n) is 7.23. The summed E-state index contributed by atoms with van der Waals surface area (Å²) in [5.74, 6) is -4.91. The zero-order chi connectivity index (χ0) is 20.7. The predicted octanol–water partition coefficient (Wildman–Crippen LogP) is -9.51. The SMILES string of the molecule is O=C(O)CN(CCN(CC(=O)O)CC(=O)O)CC(=O)O.OCC(O)CO.[H-].[H-].[Na+].[Na+]. The molecule has 0 atom stereocenters. The van der Waals surface area contributed by atoms with Crippen molar-refractivity contribution in [2.45, 2.75) is 6.10 Å². The monoisotopic (exact) mass is 432 g/mol. The Morgan fingerprint density at radius 1 is 0.643 bits per heavy atom. The standard InChI is InChI=1S/C10H16N2O8.C3H8O3.2Na.2H/c13-7(14)3-11(4-8(15)16)1-2-12(5-9(17)18)6-10(19)20;4-1-3(6)2-5;;;;/h1-6H2,(H,13,14)(H,15,16)(H,17,18)(H,19,20);3-6H,1-2H2;;;;/q;;2*+1;2*-1. The number of nitrogens with zero attached hydrogens (tertiary/aromatic N) is 2. The number of carbonyl (C=O) groups is 4. The van der Waals surface area contributed by atoms with E-state index in [2.05, 4.69) is 0 Å². The Labute approximate surface area is 208 Å². The van der Waals surface area contributed by atoms with E-state index < -0.39 is 56.2 Å². The van der Waals surface area contributed by atoms with Crippen molar-refractivity contribution in [3.8, 4) is 0 Å². The van der Waals surface area contributed by atoms with Gasteiger partial charge in [0.2, 0.25) is 0 Å². The number of hydrogen-bond acceptors (Lipinski definition) is 9. The summed E-state index contributed by atoms with van der Waals surface area (Å²) in [6.45, 7) is -2.98. The van der Waals surface area contributed by atoms with E-state index in [9.17, 15) is 19.2 Å². The minimum Gasteiger partial charge on any atom is -1.00 e. The maximum absolute atomic E-state index is 10.6. The van der Waals surface area contributed by atoms with Crippen molar-refractivity contribution in [1.82, 2.24) is 9.80 Å². The fraction of sp³-hybridized carbons (Fsp3) is 0.692. The van der Waals surface area contributed by atoms with Crippen LogP contribution in [0.4, 0.5) is 0 Å². The molecular weight excluding hydrogens is 406 g/mol. The van der Waals surface area contributed by atoms with Crippen LogP contribution in [-0.2, 0) is 19.2 Å². The molecule has 0 aromatic carbocycles. The minimum absolute atomic E-state index is 0. The van der Waals surface area contributed by atoms with E-state index >= 15 is 0 Å². The molecule has 0 aliphatic rings. The van der Waals surface area contributed by atoms with Gasteiger partial charge in [0.25, 0.3) is 0 Å². The molecule has 0 aliphatic carbocycles. The third-order valence-electron chi connectivity index (χ3n) is 2.59. The summed E-state index contributed by atoms with van der Waals surface area (Å²) in [7, 11) is 0. The van der Waals surface area contributed by atoms with E-state index in [0.29, 0.717) is 0 Å². The second-order valence-corrected chi connectivity index (χ2v) is 5.02. The van der Waals surface area contributed by atoms with Crippen LogP contribution in [0.15, 0.2) is 0 Å². The van der Waals surface area contributed by atoms with E-state index in [0.717, 1.165) is 9.80 Å².